The highest BCUT2D eigenvalue weighted by molar-refractivity contribution is 5.83. The Balaban J connectivity index is 2.22. The summed E-state index contributed by atoms with van der Waals surface area (Å²) >= 11 is 0. The number of ether oxygens (including phenoxy) is 1. The fourth-order valence-electron chi connectivity index (χ4n) is 2.35. The van der Waals surface area contributed by atoms with Gasteiger partial charge in [0.1, 0.15) is 0 Å². The van der Waals surface area contributed by atoms with Crippen LogP contribution in [0.4, 0.5) is 19.1 Å². The van der Waals surface area contributed by atoms with Crippen molar-refractivity contribution in [1.29, 1.82) is 0 Å². The highest BCUT2D eigenvalue weighted by Gasteiger charge is 2.33. The topological polar surface area (TPSA) is 73.9 Å². The Morgan fingerprint density at radius 3 is 2.50 bits per heavy atom. The third-order valence-corrected chi connectivity index (χ3v) is 3.32. The van der Waals surface area contributed by atoms with Crippen LogP contribution in [0.25, 0.3) is 22.3 Å². The van der Waals surface area contributed by atoms with Crippen molar-refractivity contribution in [3.05, 3.63) is 42.0 Å². The van der Waals surface area contributed by atoms with E-state index in [0.717, 1.165) is 6.07 Å². The van der Waals surface area contributed by atoms with Crippen LogP contribution in [0.5, 0.6) is 5.88 Å². The Morgan fingerprint density at radius 1 is 1.04 bits per heavy atom. The molecular weight excluding hydrogens is 321 g/mol. The number of nitrogens with zero attached hydrogens (tertiary/aromatic N) is 3. The number of aromatic nitrogens is 3. The van der Waals surface area contributed by atoms with E-state index in [0.29, 0.717) is 12.1 Å². The van der Waals surface area contributed by atoms with Gasteiger partial charge in [0.15, 0.2) is 5.52 Å². The molecule has 0 unspecified atom stereocenters. The first-order valence-corrected chi connectivity index (χ1v) is 7.14. The number of benzene rings is 1. The molecule has 1 aromatic carbocycles. The van der Waals surface area contributed by atoms with Gasteiger partial charge in [-0.05, 0) is 25.1 Å². The summed E-state index contributed by atoms with van der Waals surface area (Å²) in [7, 11) is 0. The second-order valence-electron chi connectivity index (χ2n) is 4.93. The highest BCUT2D eigenvalue weighted by Crippen LogP contribution is 2.37. The number of fused-ring (bicyclic) bond motifs is 1. The zero-order valence-electron chi connectivity index (χ0n) is 12.6. The number of hydrogen-bond donors (Lipinski definition) is 1. The summed E-state index contributed by atoms with van der Waals surface area (Å²) < 4.78 is 45.0. The minimum Gasteiger partial charge on any atom is -0.476 e. The Kier molecular flexibility index (Phi) is 3.96. The van der Waals surface area contributed by atoms with Crippen molar-refractivity contribution in [3.8, 4) is 17.1 Å². The predicted octanol–water partition coefficient (Wildman–Crippen LogP) is 3.69. The van der Waals surface area contributed by atoms with Crippen molar-refractivity contribution >= 4 is 17.0 Å². The SMILES string of the molecule is CCOc1nc(N)nc2ccc(-c3ccccc3C(F)(F)F)nc12. The number of pyridine rings is 1. The first kappa shape index (κ1) is 16.0. The molecule has 3 aromatic rings. The molecule has 124 valence electrons. The fourth-order valence-corrected chi connectivity index (χ4v) is 2.35. The molecular formula is C16H13F3N4O. The zero-order valence-corrected chi connectivity index (χ0v) is 12.6. The maximum absolute atomic E-state index is 13.2. The zero-order chi connectivity index (χ0) is 17.3. The Morgan fingerprint density at radius 2 is 1.79 bits per heavy atom. The molecule has 0 saturated heterocycles. The minimum atomic E-state index is -4.48. The average molecular weight is 334 g/mol. The summed E-state index contributed by atoms with van der Waals surface area (Å²) in [6.45, 7) is 2.07. The molecule has 2 heterocycles. The van der Waals surface area contributed by atoms with Crippen LogP contribution in [0.3, 0.4) is 0 Å². The molecule has 0 aliphatic rings. The van der Waals surface area contributed by atoms with Gasteiger partial charge in [-0.3, -0.25) is 0 Å². The molecule has 0 spiro atoms. The van der Waals surface area contributed by atoms with E-state index in [9.17, 15) is 13.2 Å². The summed E-state index contributed by atoms with van der Waals surface area (Å²) in [6, 6.07) is 8.27. The second kappa shape index (κ2) is 5.95. The van der Waals surface area contributed by atoms with E-state index in [4.69, 9.17) is 10.5 Å². The van der Waals surface area contributed by atoms with Crippen LogP contribution in [0.1, 0.15) is 12.5 Å². The maximum atomic E-state index is 13.2. The lowest BCUT2D eigenvalue weighted by atomic mass is 10.0. The van der Waals surface area contributed by atoms with Crippen molar-refractivity contribution in [2.45, 2.75) is 13.1 Å². The molecule has 0 atom stereocenters. The molecule has 0 aliphatic carbocycles. The normalized spacial score (nSPS) is 11.7. The highest BCUT2D eigenvalue weighted by atomic mass is 19.4. The minimum absolute atomic E-state index is 0.0104. The summed E-state index contributed by atoms with van der Waals surface area (Å²) in [5.41, 5.74) is 5.65. The monoisotopic (exact) mass is 334 g/mol. The van der Waals surface area contributed by atoms with E-state index in [1.807, 2.05) is 0 Å². The average Bonchev–Trinajstić information content (AvgIpc) is 2.54. The van der Waals surface area contributed by atoms with Gasteiger partial charge >= 0.3 is 6.18 Å². The number of nitrogens with two attached hydrogens (primary N) is 1. The summed E-state index contributed by atoms with van der Waals surface area (Å²) in [5.74, 6) is 0.155. The first-order chi connectivity index (χ1) is 11.4. The summed E-state index contributed by atoms with van der Waals surface area (Å²) in [4.78, 5) is 12.3. The van der Waals surface area contributed by atoms with Gasteiger partial charge in [-0.2, -0.15) is 18.2 Å². The van der Waals surface area contributed by atoms with Crippen LogP contribution in [-0.4, -0.2) is 21.6 Å². The predicted molar refractivity (Wildman–Crippen MR) is 83.4 cm³/mol. The molecule has 0 fully saturated rings. The Hall–Kier alpha value is -2.90. The lowest BCUT2D eigenvalue weighted by molar-refractivity contribution is -0.137. The van der Waals surface area contributed by atoms with Gasteiger partial charge in [0, 0.05) is 5.56 Å². The Labute approximate surface area is 135 Å². The van der Waals surface area contributed by atoms with Gasteiger partial charge in [0.2, 0.25) is 11.8 Å². The number of halogens is 3. The van der Waals surface area contributed by atoms with E-state index in [2.05, 4.69) is 15.0 Å². The number of rotatable bonds is 3. The van der Waals surface area contributed by atoms with Crippen LogP contribution in [0, 0.1) is 0 Å². The molecule has 5 nitrogen and oxygen atoms in total. The van der Waals surface area contributed by atoms with Crippen molar-refractivity contribution < 1.29 is 17.9 Å². The van der Waals surface area contributed by atoms with Gasteiger partial charge in [0.25, 0.3) is 0 Å². The summed E-state index contributed by atoms with van der Waals surface area (Å²) in [5, 5.41) is 0. The standard InChI is InChI=1S/C16H13F3N4O/c1-2-24-14-13-12(22-15(20)23-14)8-7-11(21-13)9-5-3-4-6-10(9)16(17,18)19/h3-8H,2H2,1H3,(H2,20,22,23). The summed E-state index contributed by atoms with van der Waals surface area (Å²) in [6.07, 6.45) is -4.48. The van der Waals surface area contributed by atoms with Crippen molar-refractivity contribution in [3.63, 3.8) is 0 Å². The molecule has 3 rings (SSSR count). The molecule has 0 saturated carbocycles. The Bertz CT molecular complexity index is 896. The van der Waals surface area contributed by atoms with E-state index in [-0.39, 0.29) is 28.6 Å². The lowest BCUT2D eigenvalue weighted by Crippen LogP contribution is -2.08. The number of alkyl halides is 3. The van der Waals surface area contributed by atoms with Crippen molar-refractivity contribution in [2.24, 2.45) is 0 Å². The van der Waals surface area contributed by atoms with Crippen LogP contribution < -0.4 is 10.5 Å². The van der Waals surface area contributed by atoms with Gasteiger partial charge in [-0.15, -0.1) is 0 Å². The number of nitrogen functional groups attached to an aromatic ring is 1. The van der Waals surface area contributed by atoms with Gasteiger partial charge < -0.3 is 10.5 Å². The number of hydrogen-bond acceptors (Lipinski definition) is 5. The largest absolute Gasteiger partial charge is 0.476 e. The van der Waals surface area contributed by atoms with Gasteiger partial charge in [-0.25, -0.2) is 9.97 Å². The van der Waals surface area contributed by atoms with Gasteiger partial charge in [-0.1, -0.05) is 18.2 Å². The third kappa shape index (κ3) is 2.94. The van der Waals surface area contributed by atoms with E-state index in [1.165, 1.54) is 24.3 Å². The molecule has 0 bridgehead atoms. The smallest absolute Gasteiger partial charge is 0.417 e. The molecule has 2 N–H and O–H groups in total. The molecule has 0 radical (unpaired) electrons. The first-order valence-electron chi connectivity index (χ1n) is 7.14. The molecule has 2 aromatic heterocycles. The van der Waals surface area contributed by atoms with Crippen molar-refractivity contribution in [2.75, 3.05) is 12.3 Å². The van der Waals surface area contributed by atoms with Gasteiger partial charge in [0.05, 0.1) is 23.4 Å². The second-order valence-corrected chi connectivity index (χ2v) is 4.93. The van der Waals surface area contributed by atoms with Crippen LogP contribution in [0.15, 0.2) is 36.4 Å². The fraction of sp³-hybridized carbons (Fsp3) is 0.188. The molecule has 0 aliphatic heterocycles. The quantitative estimate of drug-likeness (QED) is 0.791. The van der Waals surface area contributed by atoms with Crippen molar-refractivity contribution in [1.82, 2.24) is 15.0 Å². The van der Waals surface area contributed by atoms with Crippen LogP contribution >= 0.6 is 0 Å². The van der Waals surface area contributed by atoms with Crippen LogP contribution in [0.2, 0.25) is 0 Å². The maximum Gasteiger partial charge on any atom is 0.417 e. The molecule has 24 heavy (non-hydrogen) atoms. The van der Waals surface area contributed by atoms with E-state index < -0.39 is 11.7 Å². The molecule has 0 amide bonds. The van der Waals surface area contributed by atoms with Crippen LogP contribution in [-0.2, 0) is 6.18 Å². The van der Waals surface area contributed by atoms with E-state index in [1.54, 1.807) is 13.0 Å². The number of anilines is 1. The molecule has 8 heteroatoms. The lowest BCUT2D eigenvalue weighted by Gasteiger charge is -2.13. The van der Waals surface area contributed by atoms with E-state index >= 15 is 0 Å². The third-order valence-electron chi connectivity index (χ3n) is 3.32.